The minimum Gasteiger partial charge on any atom is -0.566 e. The topological polar surface area (TPSA) is 17.3 Å². The largest absolute Gasteiger partial charge is 1.00 e. The fourth-order valence-electron chi connectivity index (χ4n) is 9.14. The van der Waals surface area contributed by atoms with E-state index in [4.69, 9.17) is 12.0 Å². The summed E-state index contributed by atoms with van der Waals surface area (Å²) in [5, 5.41) is 2.25. The first-order valence-corrected chi connectivity index (χ1v) is 16.6. The van der Waals surface area contributed by atoms with E-state index in [2.05, 4.69) is 75.3 Å². The average Bonchev–Trinajstić information content (AvgIpc) is 2.98. The van der Waals surface area contributed by atoms with Gasteiger partial charge in [0.15, 0.2) is 0 Å². The predicted molar refractivity (Wildman–Crippen MR) is 174 cm³/mol. The number of hydrogen-bond acceptors (Lipinski definition) is 1. The van der Waals surface area contributed by atoms with Crippen molar-refractivity contribution in [2.24, 2.45) is 17.8 Å². The Hall–Kier alpha value is -0.424. The monoisotopic (exact) mass is 580 g/mol. The van der Waals surface area contributed by atoms with Crippen LogP contribution in [0.5, 0.6) is 0 Å². The molecule has 2 aromatic carbocycles. The summed E-state index contributed by atoms with van der Waals surface area (Å²) in [7, 11) is 2.21. The third-order valence-electron chi connectivity index (χ3n) is 11.1. The summed E-state index contributed by atoms with van der Waals surface area (Å²) in [4.78, 5) is 0. The van der Waals surface area contributed by atoms with E-state index in [0.717, 1.165) is 0 Å². The van der Waals surface area contributed by atoms with Crippen LogP contribution in [0.25, 0.3) is 5.43 Å². The third kappa shape index (κ3) is 6.66. The number of hydrogen-bond donors (Lipinski definition) is 0. The van der Waals surface area contributed by atoms with Gasteiger partial charge in [0.2, 0.25) is 0 Å². The summed E-state index contributed by atoms with van der Waals surface area (Å²) >= 11 is 0. The Morgan fingerprint density at radius 3 is 2.10 bits per heavy atom. The molecule has 6 atom stereocenters. The quantitative estimate of drug-likeness (QED) is 0.271. The Morgan fingerprint density at radius 2 is 1.39 bits per heavy atom. The number of benzene rings is 2. The van der Waals surface area contributed by atoms with Crippen LogP contribution in [0.2, 0.25) is 0 Å². The maximum absolute atomic E-state index is 5.47. The van der Waals surface area contributed by atoms with Crippen molar-refractivity contribution in [1.82, 2.24) is 5.01 Å². The zero-order valence-corrected chi connectivity index (χ0v) is 31.1. The Labute approximate surface area is 295 Å². The van der Waals surface area contributed by atoms with Crippen LogP contribution in [0.4, 0.5) is 0 Å². The summed E-state index contributed by atoms with van der Waals surface area (Å²) in [5.74, 6) is 1.84. The smallest absolute Gasteiger partial charge is 0.566 e. The first kappa shape index (κ1) is 35.1. The van der Waals surface area contributed by atoms with Gasteiger partial charge in [-0.05, 0) is 110 Å². The van der Waals surface area contributed by atoms with Gasteiger partial charge in [0.25, 0.3) is 0 Å². The van der Waals surface area contributed by atoms with Crippen LogP contribution in [0, 0.1) is 24.7 Å². The van der Waals surface area contributed by atoms with Crippen LogP contribution in [0.3, 0.4) is 0 Å². The van der Waals surface area contributed by atoms with E-state index < -0.39 is 0 Å². The second kappa shape index (κ2) is 15.0. The van der Waals surface area contributed by atoms with E-state index in [-0.39, 0.29) is 62.2 Å². The van der Waals surface area contributed by atoms with Gasteiger partial charge in [-0.15, -0.1) is 6.04 Å². The van der Waals surface area contributed by atoms with E-state index in [1.165, 1.54) is 75.5 Å². The first-order valence-electron chi connectivity index (χ1n) is 16.6. The van der Waals surface area contributed by atoms with Gasteiger partial charge in [-0.3, -0.25) is 0 Å². The zero-order valence-electron chi connectivity index (χ0n) is 28.0. The van der Waals surface area contributed by atoms with Gasteiger partial charge >= 0.3 is 51.4 Å². The molecule has 4 aliphatic carbocycles. The SMILES string of the molecule is C=C(C1CCCC2(C)c3cc(C)ccc3CCC12)N(C)[N-]C1CCC[C@@]2(C)c3ccccc3CCC12.CC.CC.[K+]. The van der Waals surface area contributed by atoms with Crippen LogP contribution in [0.1, 0.15) is 121 Å². The van der Waals surface area contributed by atoms with Gasteiger partial charge < -0.3 is 10.4 Å². The number of fused-ring (bicyclic) bond motifs is 6. The number of aryl methyl sites for hydroxylation is 3. The molecule has 4 aliphatic rings. The van der Waals surface area contributed by atoms with Crippen molar-refractivity contribution in [2.45, 2.75) is 130 Å². The molecule has 0 heterocycles. The Morgan fingerprint density at radius 1 is 0.805 bits per heavy atom. The van der Waals surface area contributed by atoms with Gasteiger partial charge in [-0.2, -0.15) is 0 Å². The van der Waals surface area contributed by atoms with E-state index in [1.54, 1.807) is 22.3 Å². The van der Waals surface area contributed by atoms with E-state index in [1.807, 2.05) is 27.7 Å². The molecular formula is C38H57KN2. The molecule has 41 heavy (non-hydrogen) atoms. The fourth-order valence-corrected chi connectivity index (χ4v) is 9.14. The van der Waals surface area contributed by atoms with E-state index >= 15 is 0 Å². The molecule has 0 spiro atoms. The van der Waals surface area contributed by atoms with Gasteiger partial charge in [-0.1, -0.05) is 115 Å². The van der Waals surface area contributed by atoms with Crippen LogP contribution >= 0.6 is 0 Å². The minimum absolute atomic E-state index is 0. The molecule has 0 amide bonds. The van der Waals surface area contributed by atoms with E-state index in [9.17, 15) is 0 Å². The molecule has 0 radical (unpaired) electrons. The van der Waals surface area contributed by atoms with Crippen molar-refractivity contribution in [3.8, 4) is 0 Å². The molecule has 2 aromatic rings. The van der Waals surface area contributed by atoms with E-state index in [0.29, 0.717) is 23.8 Å². The van der Waals surface area contributed by atoms with Gasteiger partial charge in [0.05, 0.1) is 0 Å². The second-order valence-corrected chi connectivity index (χ2v) is 13.0. The van der Waals surface area contributed by atoms with Gasteiger partial charge in [0, 0.05) is 5.92 Å². The van der Waals surface area contributed by atoms with Crippen molar-refractivity contribution in [3.05, 3.63) is 88.0 Å². The predicted octanol–water partition coefficient (Wildman–Crippen LogP) is 7.48. The summed E-state index contributed by atoms with van der Waals surface area (Å²) in [6, 6.07) is 16.8. The molecule has 6 rings (SSSR count). The summed E-state index contributed by atoms with van der Waals surface area (Å²) in [6.07, 6.45) is 12.6. The van der Waals surface area contributed by atoms with Crippen LogP contribution in [-0.2, 0) is 23.7 Å². The number of nitrogens with zero attached hydrogens (tertiary/aromatic N) is 2. The van der Waals surface area contributed by atoms with Gasteiger partial charge in [0.1, 0.15) is 0 Å². The fraction of sp³-hybridized carbons (Fsp3) is 0.632. The molecule has 0 N–H and O–H groups in total. The molecule has 0 saturated heterocycles. The minimum atomic E-state index is 0. The van der Waals surface area contributed by atoms with Crippen LogP contribution in [-0.4, -0.2) is 18.1 Å². The Balaban J connectivity index is 0.000000887. The van der Waals surface area contributed by atoms with Crippen LogP contribution in [0.15, 0.2) is 54.7 Å². The second-order valence-electron chi connectivity index (χ2n) is 13.0. The van der Waals surface area contributed by atoms with Crippen molar-refractivity contribution in [2.75, 3.05) is 7.05 Å². The molecule has 2 fully saturated rings. The van der Waals surface area contributed by atoms with Crippen molar-refractivity contribution >= 4 is 0 Å². The third-order valence-corrected chi connectivity index (χ3v) is 11.1. The normalized spacial score (nSPS) is 31.1. The Kier molecular flexibility index (Phi) is 12.9. The molecule has 3 heteroatoms. The zero-order chi connectivity index (χ0) is 29.1. The standard InChI is InChI=1S/C34H45N2.2C2H6.K/c1-23-14-15-26-16-18-29-27(11-8-20-34(29,4)31(26)22-23)24(2)36(5)35-32-13-9-21-33(3)28-12-7-6-10-25(28)17-19-30(32)33;2*1-2;/h6-7,10,12,14-15,22,27,29-30,32H,2,8-9,11,13,16-21H2,1,3-5H3;2*1-2H3;/q-1;;;+1/t27?,29?,30?,32?,33-,34?;;;/m0.../s1. The summed E-state index contributed by atoms with van der Waals surface area (Å²) in [5.41, 5.74) is 15.0. The molecule has 0 bridgehead atoms. The maximum Gasteiger partial charge on any atom is 1.00 e. The van der Waals surface area contributed by atoms with Gasteiger partial charge in [-0.25, -0.2) is 0 Å². The van der Waals surface area contributed by atoms with Crippen molar-refractivity contribution < 1.29 is 51.4 Å². The first-order chi connectivity index (χ1) is 19.3. The number of rotatable bonds is 4. The van der Waals surface area contributed by atoms with Crippen LogP contribution < -0.4 is 51.4 Å². The van der Waals surface area contributed by atoms with Crippen molar-refractivity contribution in [1.29, 1.82) is 0 Å². The average molecular weight is 581 g/mol. The maximum atomic E-state index is 5.47. The molecule has 2 saturated carbocycles. The van der Waals surface area contributed by atoms with Crippen molar-refractivity contribution in [3.63, 3.8) is 0 Å². The number of allylic oxidation sites excluding steroid dienone is 1. The molecule has 5 unspecified atom stereocenters. The Bertz CT molecular complexity index is 1160. The molecular weight excluding hydrogens is 524 g/mol. The molecule has 0 aromatic heterocycles. The molecule has 0 aliphatic heterocycles. The summed E-state index contributed by atoms with van der Waals surface area (Å²) < 4.78 is 0. The summed E-state index contributed by atoms with van der Waals surface area (Å²) in [6.45, 7) is 20.1. The molecule has 220 valence electrons. The molecule has 2 nitrogen and oxygen atoms in total.